The van der Waals surface area contributed by atoms with E-state index in [2.05, 4.69) is 0 Å². The van der Waals surface area contributed by atoms with E-state index in [1.807, 2.05) is 6.92 Å². The molecule has 20 heavy (non-hydrogen) atoms. The molecule has 2 unspecified atom stereocenters. The first kappa shape index (κ1) is 16.3. The van der Waals surface area contributed by atoms with Gasteiger partial charge in [0.1, 0.15) is 6.54 Å². The second-order valence-electron chi connectivity index (χ2n) is 5.41. The number of carbonyl (C=O) groups is 3. The number of esters is 1. The number of carboxylic acids is 1. The lowest BCUT2D eigenvalue weighted by Gasteiger charge is -2.29. The van der Waals surface area contributed by atoms with Gasteiger partial charge in [0.15, 0.2) is 0 Å². The van der Waals surface area contributed by atoms with Crippen molar-refractivity contribution in [2.24, 2.45) is 11.8 Å². The lowest BCUT2D eigenvalue weighted by atomic mass is 9.99. The van der Waals surface area contributed by atoms with E-state index in [-0.39, 0.29) is 43.0 Å². The van der Waals surface area contributed by atoms with Gasteiger partial charge in [-0.15, -0.1) is 0 Å². The number of hydrogen-bond donors (Lipinski definition) is 1. The summed E-state index contributed by atoms with van der Waals surface area (Å²) in [7, 11) is 1.32. The van der Waals surface area contributed by atoms with Gasteiger partial charge in [-0.1, -0.05) is 6.92 Å². The number of carboxylic acid groups (broad SMARTS) is 1. The van der Waals surface area contributed by atoms with E-state index in [1.165, 1.54) is 16.9 Å². The Morgan fingerprint density at radius 3 is 2.40 bits per heavy atom. The smallest absolute Gasteiger partial charge is 0.323 e. The molecule has 0 spiro atoms. The number of ether oxygens (including phenoxy) is 1. The second kappa shape index (κ2) is 6.58. The first-order chi connectivity index (χ1) is 9.27. The highest BCUT2D eigenvalue weighted by molar-refractivity contribution is 5.82. The highest BCUT2D eigenvalue weighted by Gasteiger charge is 2.39. The van der Waals surface area contributed by atoms with Crippen molar-refractivity contribution in [1.29, 1.82) is 0 Å². The lowest BCUT2D eigenvalue weighted by molar-refractivity contribution is -0.146. The molecule has 1 fully saturated rings. The number of carbonyl (C=O) groups excluding carboxylic acids is 2. The number of nitrogens with zero attached hydrogens (tertiary/aromatic N) is 2. The summed E-state index contributed by atoms with van der Waals surface area (Å²) >= 11 is 0. The second-order valence-corrected chi connectivity index (χ2v) is 5.41. The van der Waals surface area contributed by atoms with Crippen LogP contribution < -0.4 is 0 Å². The van der Waals surface area contributed by atoms with Gasteiger partial charge in [-0.3, -0.25) is 9.59 Å². The third-order valence-corrected chi connectivity index (χ3v) is 3.56. The largest absolute Gasteiger partial charge is 0.480 e. The van der Waals surface area contributed by atoms with Crippen LogP contribution in [0.15, 0.2) is 0 Å². The maximum absolute atomic E-state index is 12.4. The summed E-state index contributed by atoms with van der Waals surface area (Å²) in [6.45, 7) is 5.77. The van der Waals surface area contributed by atoms with Crippen molar-refractivity contribution < 1.29 is 24.2 Å². The van der Waals surface area contributed by atoms with Crippen LogP contribution in [-0.2, 0) is 14.3 Å². The molecule has 114 valence electrons. The lowest BCUT2D eigenvalue weighted by Crippen LogP contribution is -2.48. The van der Waals surface area contributed by atoms with E-state index in [1.54, 1.807) is 13.8 Å². The van der Waals surface area contributed by atoms with Crippen LogP contribution >= 0.6 is 0 Å². The summed E-state index contributed by atoms with van der Waals surface area (Å²) in [6.07, 6.45) is 0. The minimum atomic E-state index is -1.05. The fourth-order valence-electron chi connectivity index (χ4n) is 2.38. The van der Waals surface area contributed by atoms with Crippen LogP contribution in [0.3, 0.4) is 0 Å². The third-order valence-electron chi connectivity index (χ3n) is 3.56. The quantitative estimate of drug-likeness (QED) is 0.766. The number of urea groups is 1. The zero-order valence-corrected chi connectivity index (χ0v) is 12.3. The van der Waals surface area contributed by atoms with Crippen molar-refractivity contribution in [2.75, 3.05) is 26.7 Å². The number of amides is 2. The molecule has 1 heterocycles. The Balaban J connectivity index is 2.77. The van der Waals surface area contributed by atoms with E-state index in [4.69, 9.17) is 9.84 Å². The van der Waals surface area contributed by atoms with Crippen LogP contribution in [0.4, 0.5) is 4.79 Å². The molecule has 2 amide bonds. The first-order valence-corrected chi connectivity index (χ1v) is 6.63. The SMILES string of the molecule is COC(=O)C1CN(C(=O)N(CC(=O)O)C(C)C)CC1C. The molecule has 0 saturated carbocycles. The molecule has 0 bridgehead atoms. The summed E-state index contributed by atoms with van der Waals surface area (Å²) in [5.74, 6) is -1.72. The van der Waals surface area contributed by atoms with Crippen molar-refractivity contribution in [3.05, 3.63) is 0 Å². The Hall–Kier alpha value is -1.79. The van der Waals surface area contributed by atoms with Crippen LogP contribution in [-0.4, -0.2) is 65.7 Å². The summed E-state index contributed by atoms with van der Waals surface area (Å²) in [5.41, 5.74) is 0. The molecule has 1 rings (SSSR count). The van der Waals surface area contributed by atoms with Crippen molar-refractivity contribution >= 4 is 18.0 Å². The normalized spacial score (nSPS) is 21.9. The van der Waals surface area contributed by atoms with Crippen LogP contribution in [0.5, 0.6) is 0 Å². The molecule has 7 heteroatoms. The molecule has 0 aromatic heterocycles. The predicted octanol–water partition coefficient (Wildman–Crippen LogP) is 0.642. The fourth-order valence-corrected chi connectivity index (χ4v) is 2.38. The summed E-state index contributed by atoms with van der Waals surface area (Å²) in [6, 6.07) is -0.563. The molecule has 1 aliphatic heterocycles. The molecule has 0 aliphatic carbocycles. The summed E-state index contributed by atoms with van der Waals surface area (Å²) < 4.78 is 4.72. The molecule has 0 aromatic carbocycles. The van der Waals surface area contributed by atoms with Crippen LogP contribution in [0.2, 0.25) is 0 Å². The van der Waals surface area contributed by atoms with Gasteiger partial charge in [-0.05, 0) is 19.8 Å². The Bertz CT molecular complexity index is 396. The zero-order valence-electron chi connectivity index (χ0n) is 12.3. The monoisotopic (exact) mass is 286 g/mol. The highest BCUT2D eigenvalue weighted by atomic mass is 16.5. The molecule has 1 saturated heterocycles. The maximum Gasteiger partial charge on any atom is 0.323 e. The molecule has 2 atom stereocenters. The minimum absolute atomic E-state index is 0.00485. The number of likely N-dealkylation sites (tertiary alicyclic amines) is 1. The number of methoxy groups -OCH3 is 1. The van der Waals surface area contributed by atoms with E-state index in [0.29, 0.717) is 6.54 Å². The van der Waals surface area contributed by atoms with Gasteiger partial charge in [-0.25, -0.2) is 4.79 Å². The molecule has 0 aromatic rings. The standard InChI is InChI=1S/C13H22N2O5/c1-8(2)15(7-11(16)17)13(19)14-5-9(3)10(6-14)12(18)20-4/h8-10H,5-7H2,1-4H3,(H,16,17). The fraction of sp³-hybridized carbons (Fsp3) is 0.769. The van der Waals surface area contributed by atoms with E-state index in [0.717, 1.165) is 0 Å². The van der Waals surface area contributed by atoms with Gasteiger partial charge in [0.05, 0.1) is 13.0 Å². The van der Waals surface area contributed by atoms with E-state index in [9.17, 15) is 14.4 Å². The van der Waals surface area contributed by atoms with Gasteiger partial charge < -0.3 is 19.6 Å². The van der Waals surface area contributed by atoms with Gasteiger partial charge in [0, 0.05) is 19.1 Å². The Morgan fingerprint density at radius 1 is 1.35 bits per heavy atom. The Labute approximate surface area is 118 Å². The minimum Gasteiger partial charge on any atom is -0.480 e. The van der Waals surface area contributed by atoms with Crippen LogP contribution in [0.1, 0.15) is 20.8 Å². The molecule has 0 radical (unpaired) electrons. The van der Waals surface area contributed by atoms with Crippen LogP contribution in [0.25, 0.3) is 0 Å². The number of rotatable bonds is 4. The molecular formula is C13H22N2O5. The van der Waals surface area contributed by atoms with Gasteiger partial charge in [0.2, 0.25) is 0 Å². The third kappa shape index (κ3) is 3.61. The maximum atomic E-state index is 12.4. The van der Waals surface area contributed by atoms with E-state index >= 15 is 0 Å². The predicted molar refractivity (Wildman–Crippen MR) is 71.1 cm³/mol. The average molecular weight is 286 g/mol. The molecule has 7 nitrogen and oxygen atoms in total. The molecule has 1 aliphatic rings. The topological polar surface area (TPSA) is 87.2 Å². The van der Waals surface area contributed by atoms with Crippen LogP contribution in [0, 0.1) is 11.8 Å². The highest BCUT2D eigenvalue weighted by Crippen LogP contribution is 2.25. The summed E-state index contributed by atoms with van der Waals surface area (Å²) in [4.78, 5) is 37.6. The molecular weight excluding hydrogens is 264 g/mol. The van der Waals surface area contributed by atoms with Gasteiger partial charge in [0.25, 0.3) is 0 Å². The van der Waals surface area contributed by atoms with Crippen molar-refractivity contribution in [3.8, 4) is 0 Å². The zero-order chi connectivity index (χ0) is 15.4. The van der Waals surface area contributed by atoms with Crippen molar-refractivity contribution in [1.82, 2.24) is 9.80 Å². The van der Waals surface area contributed by atoms with E-state index < -0.39 is 5.97 Å². The molecule has 1 N–H and O–H groups in total. The Kier molecular flexibility index (Phi) is 5.35. The van der Waals surface area contributed by atoms with Gasteiger partial charge >= 0.3 is 18.0 Å². The number of hydrogen-bond acceptors (Lipinski definition) is 4. The van der Waals surface area contributed by atoms with Gasteiger partial charge in [-0.2, -0.15) is 0 Å². The number of aliphatic carboxylic acids is 1. The summed E-state index contributed by atoms with van der Waals surface area (Å²) in [5, 5.41) is 8.87. The van der Waals surface area contributed by atoms with Crippen molar-refractivity contribution in [2.45, 2.75) is 26.8 Å². The average Bonchev–Trinajstić information content (AvgIpc) is 2.75. The van der Waals surface area contributed by atoms with Crippen molar-refractivity contribution in [3.63, 3.8) is 0 Å². The first-order valence-electron chi connectivity index (χ1n) is 6.63. The Morgan fingerprint density at radius 2 is 1.95 bits per heavy atom.